The number of hydrogen-bond donors (Lipinski definition) is 2. The maximum absolute atomic E-state index is 11.6. The molecule has 0 fully saturated rings. The number of benzene rings is 2. The largest absolute Gasteiger partial charge is 0.375 e. The standard InChI is InChI=1S/C21H25N3O3S/c1-15(13-23-14-20(27-2)16-6-4-3-5-7-16)21-19-9-8-18(28(22,25)26)12-17(19)10-11-24-21/h3-12,15,20,23H,13-14H2,1-2H3,(H2,22,25,26)/t15-,20-/m1/s1. The number of hydrogen-bond acceptors (Lipinski definition) is 5. The van der Waals surface area contributed by atoms with Gasteiger partial charge in [0.2, 0.25) is 10.0 Å². The molecule has 0 radical (unpaired) electrons. The Bertz CT molecular complexity index is 1040. The van der Waals surface area contributed by atoms with Gasteiger partial charge in [-0.25, -0.2) is 13.6 Å². The molecule has 0 aliphatic carbocycles. The van der Waals surface area contributed by atoms with Gasteiger partial charge in [-0.3, -0.25) is 4.98 Å². The average molecular weight is 400 g/mol. The first-order valence-electron chi connectivity index (χ1n) is 9.10. The smallest absolute Gasteiger partial charge is 0.238 e. The van der Waals surface area contributed by atoms with Crippen LogP contribution in [-0.2, 0) is 14.8 Å². The molecule has 3 N–H and O–H groups in total. The lowest BCUT2D eigenvalue weighted by molar-refractivity contribution is 0.102. The maximum atomic E-state index is 11.6. The molecular formula is C21H25N3O3S. The molecule has 0 aliphatic rings. The molecular weight excluding hydrogens is 374 g/mol. The number of pyridine rings is 1. The minimum Gasteiger partial charge on any atom is -0.375 e. The van der Waals surface area contributed by atoms with Gasteiger partial charge in [0.05, 0.1) is 16.7 Å². The van der Waals surface area contributed by atoms with Gasteiger partial charge in [-0.05, 0) is 29.1 Å². The highest BCUT2D eigenvalue weighted by Crippen LogP contribution is 2.25. The van der Waals surface area contributed by atoms with E-state index in [0.29, 0.717) is 6.54 Å². The molecule has 0 aliphatic heterocycles. The second-order valence-electron chi connectivity index (χ2n) is 6.82. The number of rotatable bonds is 8. The van der Waals surface area contributed by atoms with E-state index in [4.69, 9.17) is 9.88 Å². The van der Waals surface area contributed by atoms with E-state index in [1.165, 1.54) is 6.07 Å². The molecule has 1 aromatic heterocycles. The second kappa shape index (κ2) is 8.79. The van der Waals surface area contributed by atoms with Gasteiger partial charge in [-0.1, -0.05) is 43.3 Å². The van der Waals surface area contributed by atoms with E-state index in [-0.39, 0.29) is 16.9 Å². The lowest BCUT2D eigenvalue weighted by Gasteiger charge is -2.19. The summed E-state index contributed by atoms with van der Waals surface area (Å²) in [5, 5.41) is 10.4. The van der Waals surface area contributed by atoms with Gasteiger partial charge in [-0.2, -0.15) is 0 Å². The van der Waals surface area contributed by atoms with Crippen molar-refractivity contribution in [3.05, 3.63) is 72.1 Å². The molecule has 2 aromatic carbocycles. The Labute approximate surface area is 165 Å². The summed E-state index contributed by atoms with van der Waals surface area (Å²) in [6, 6.07) is 16.8. The van der Waals surface area contributed by atoms with Gasteiger partial charge in [0.15, 0.2) is 0 Å². The topological polar surface area (TPSA) is 94.3 Å². The Morgan fingerprint density at radius 2 is 1.86 bits per heavy atom. The van der Waals surface area contributed by atoms with Crippen LogP contribution in [0.2, 0.25) is 0 Å². The Morgan fingerprint density at radius 3 is 2.54 bits per heavy atom. The molecule has 1 heterocycles. The van der Waals surface area contributed by atoms with Crippen molar-refractivity contribution in [2.75, 3.05) is 20.2 Å². The number of fused-ring (bicyclic) bond motifs is 1. The highest BCUT2D eigenvalue weighted by Gasteiger charge is 2.15. The van der Waals surface area contributed by atoms with Crippen LogP contribution in [0.4, 0.5) is 0 Å². The lowest BCUT2D eigenvalue weighted by atomic mass is 10.0. The minimum atomic E-state index is -3.73. The number of primary sulfonamides is 1. The Kier molecular flexibility index (Phi) is 6.41. The van der Waals surface area contributed by atoms with E-state index in [1.807, 2.05) is 18.2 Å². The molecule has 28 heavy (non-hydrogen) atoms. The molecule has 148 valence electrons. The van der Waals surface area contributed by atoms with E-state index >= 15 is 0 Å². The fourth-order valence-corrected chi connectivity index (χ4v) is 3.83. The molecule has 0 spiro atoms. The van der Waals surface area contributed by atoms with Crippen molar-refractivity contribution < 1.29 is 13.2 Å². The number of nitrogens with two attached hydrogens (primary N) is 1. The van der Waals surface area contributed by atoms with E-state index in [2.05, 4.69) is 29.4 Å². The Hall–Kier alpha value is -2.32. The molecule has 0 bridgehead atoms. The second-order valence-corrected chi connectivity index (χ2v) is 8.38. The van der Waals surface area contributed by atoms with Crippen LogP contribution in [0, 0.1) is 0 Å². The van der Waals surface area contributed by atoms with Gasteiger partial charge in [0.1, 0.15) is 0 Å². The summed E-state index contributed by atoms with van der Waals surface area (Å²) >= 11 is 0. The molecule has 3 rings (SSSR count). The monoisotopic (exact) mass is 399 g/mol. The third kappa shape index (κ3) is 4.74. The van der Waals surface area contributed by atoms with Crippen molar-refractivity contribution in [1.29, 1.82) is 0 Å². The molecule has 0 saturated carbocycles. The molecule has 7 heteroatoms. The van der Waals surface area contributed by atoms with Crippen LogP contribution in [0.25, 0.3) is 10.8 Å². The van der Waals surface area contributed by atoms with Crippen molar-refractivity contribution in [3.8, 4) is 0 Å². The average Bonchev–Trinajstić information content (AvgIpc) is 2.70. The number of nitrogens with zero attached hydrogens (tertiary/aromatic N) is 1. The zero-order valence-corrected chi connectivity index (χ0v) is 16.8. The van der Waals surface area contributed by atoms with Crippen molar-refractivity contribution in [1.82, 2.24) is 10.3 Å². The number of aromatic nitrogens is 1. The Balaban J connectivity index is 1.72. The van der Waals surface area contributed by atoms with E-state index in [9.17, 15) is 8.42 Å². The molecule has 3 aromatic rings. The van der Waals surface area contributed by atoms with Gasteiger partial charge in [-0.15, -0.1) is 0 Å². The van der Waals surface area contributed by atoms with Crippen LogP contribution in [0.1, 0.15) is 30.2 Å². The van der Waals surface area contributed by atoms with Crippen LogP contribution >= 0.6 is 0 Å². The lowest BCUT2D eigenvalue weighted by Crippen LogP contribution is -2.26. The number of sulfonamides is 1. The first-order chi connectivity index (χ1) is 13.4. The van der Waals surface area contributed by atoms with Crippen molar-refractivity contribution in [2.24, 2.45) is 5.14 Å². The summed E-state index contributed by atoms with van der Waals surface area (Å²) in [5.41, 5.74) is 2.05. The highest BCUT2D eigenvalue weighted by atomic mass is 32.2. The van der Waals surface area contributed by atoms with Crippen LogP contribution in [0.5, 0.6) is 0 Å². The molecule has 0 amide bonds. The maximum Gasteiger partial charge on any atom is 0.238 e. The molecule has 2 atom stereocenters. The normalized spacial score (nSPS) is 14.1. The summed E-state index contributed by atoms with van der Waals surface area (Å²) in [6.45, 7) is 3.49. The van der Waals surface area contributed by atoms with E-state index < -0.39 is 10.0 Å². The van der Waals surface area contributed by atoms with Crippen molar-refractivity contribution in [3.63, 3.8) is 0 Å². The molecule has 6 nitrogen and oxygen atoms in total. The zero-order chi connectivity index (χ0) is 20.1. The quantitative estimate of drug-likeness (QED) is 0.607. The number of methoxy groups -OCH3 is 1. The summed E-state index contributed by atoms with van der Waals surface area (Å²) < 4.78 is 28.8. The third-order valence-electron chi connectivity index (χ3n) is 4.80. The first kappa shape index (κ1) is 20.4. The van der Waals surface area contributed by atoms with Gasteiger partial charge >= 0.3 is 0 Å². The van der Waals surface area contributed by atoms with E-state index in [1.54, 1.807) is 31.5 Å². The highest BCUT2D eigenvalue weighted by molar-refractivity contribution is 7.89. The number of nitrogens with one attached hydrogen (secondary N) is 1. The van der Waals surface area contributed by atoms with Crippen molar-refractivity contribution >= 4 is 20.8 Å². The fraction of sp³-hybridized carbons (Fsp3) is 0.286. The summed E-state index contributed by atoms with van der Waals surface area (Å²) in [5.74, 6) is 0.136. The summed E-state index contributed by atoms with van der Waals surface area (Å²) in [6.07, 6.45) is 1.68. The number of ether oxygens (including phenoxy) is 1. The van der Waals surface area contributed by atoms with Crippen LogP contribution < -0.4 is 10.5 Å². The third-order valence-corrected chi connectivity index (χ3v) is 5.71. The molecule has 0 unspecified atom stereocenters. The van der Waals surface area contributed by atoms with Crippen LogP contribution in [0.3, 0.4) is 0 Å². The predicted molar refractivity (Wildman–Crippen MR) is 111 cm³/mol. The van der Waals surface area contributed by atoms with Gasteiger partial charge in [0.25, 0.3) is 0 Å². The van der Waals surface area contributed by atoms with Crippen LogP contribution in [0.15, 0.2) is 65.7 Å². The predicted octanol–water partition coefficient (Wildman–Crippen LogP) is 2.96. The zero-order valence-electron chi connectivity index (χ0n) is 16.0. The Morgan fingerprint density at radius 1 is 1.11 bits per heavy atom. The van der Waals surface area contributed by atoms with Gasteiger partial charge in [0, 0.05) is 37.7 Å². The summed E-state index contributed by atoms with van der Waals surface area (Å²) in [7, 11) is -2.02. The summed E-state index contributed by atoms with van der Waals surface area (Å²) in [4.78, 5) is 4.63. The fourth-order valence-electron chi connectivity index (χ4n) is 3.28. The van der Waals surface area contributed by atoms with Crippen LogP contribution in [-0.4, -0.2) is 33.6 Å². The first-order valence-corrected chi connectivity index (χ1v) is 10.6. The van der Waals surface area contributed by atoms with Gasteiger partial charge < -0.3 is 10.1 Å². The molecule has 0 saturated heterocycles. The SMILES string of the molecule is CO[C@H](CNC[C@@H](C)c1nccc2cc(S(N)(=O)=O)ccc12)c1ccccc1. The van der Waals surface area contributed by atoms with Crippen molar-refractivity contribution in [2.45, 2.75) is 23.8 Å². The van der Waals surface area contributed by atoms with E-state index in [0.717, 1.165) is 28.6 Å². The minimum absolute atomic E-state index is 0.0220.